The Morgan fingerprint density at radius 2 is 1.97 bits per heavy atom. The van der Waals surface area contributed by atoms with Gasteiger partial charge in [0.1, 0.15) is 5.82 Å². The van der Waals surface area contributed by atoms with E-state index in [4.69, 9.17) is 14.3 Å². The second kappa shape index (κ2) is 10.1. The number of sulfone groups is 1. The predicted octanol–water partition coefficient (Wildman–Crippen LogP) is 1.65. The minimum absolute atomic E-state index is 0.0849. The van der Waals surface area contributed by atoms with Gasteiger partial charge >= 0.3 is 0 Å². The summed E-state index contributed by atoms with van der Waals surface area (Å²) >= 11 is 0. The molecule has 1 atom stereocenters. The van der Waals surface area contributed by atoms with Crippen molar-refractivity contribution in [3.8, 4) is 0 Å². The summed E-state index contributed by atoms with van der Waals surface area (Å²) in [5, 5.41) is 0. The molecule has 8 nitrogen and oxygen atoms in total. The molecule has 0 radical (unpaired) electrons. The number of carbonyl (C=O) groups is 1. The highest BCUT2D eigenvalue weighted by Gasteiger charge is 2.53. The summed E-state index contributed by atoms with van der Waals surface area (Å²) in [5.74, 6) is -1.26. The van der Waals surface area contributed by atoms with Crippen molar-refractivity contribution >= 4 is 15.7 Å². The summed E-state index contributed by atoms with van der Waals surface area (Å²) in [6.45, 7) is 2.53. The molecule has 1 aromatic carbocycles. The van der Waals surface area contributed by atoms with Crippen LogP contribution in [0.2, 0.25) is 0 Å². The standard InChI is InChI=1S/C20H29FN2O6S/c1-27-15-13-23-11-9-20(10-12-23,19(24)22-29-18-4-2-3-14-28-18)30(25,26)17-7-5-16(21)6-8-17/h5-8,18H,2-4,9-15H2,1H3,(H,22,24). The van der Waals surface area contributed by atoms with Crippen LogP contribution < -0.4 is 5.48 Å². The largest absolute Gasteiger partial charge is 0.383 e. The zero-order chi connectivity index (χ0) is 21.6. The number of methoxy groups -OCH3 is 1. The Labute approximate surface area is 176 Å². The van der Waals surface area contributed by atoms with E-state index >= 15 is 0 Å². The van der Waals surface area contributed by atoms with Crippen molar-refractivity contribution in [1.29, 1.82) is 0 Å². The van der Waals surface area contributed by atoms with Crippen molar-refractivity contribution in [2.45, 2.75) is 48.0 Å². The lowest BCUT2D eigenvalue weighted by atomic mass is 9.95. The molecule has 0 aliphatic carbocycles. The summed E-state index contributed by atoms with van der Waals surface area (Å²) in [4.78, 5) is 20.5. The van der Waals surface area contributed by atoms with Gasteiger partial charge in [-0.25, -0.2) is 23.1 Å². The predicted molar refractivity (Wildman–Crippen MR) is 107 cm³/mol. The third-order valence-corrected chi connectivity index (χ3v) is 8.26. The lowest BCUT2D eigenvalue weighted by Gasteiger charge is -2.40. The van der Waals surface area contributed by atoms with Crippen molar-refractivity contribution in [2.24, 2.45) is 0 Å². The van der Waals surface area contributed by atoms with Gasteiger partial charge < -0.3 is 14.4 Å². The number of nitrogens with one attached hydrogen (secondary N) is 1. The fourth-order valence-electron chi connectivity index (χ4n) is 3.83. The van der Waals surface area contributed by atoms with Gasteiger partial charge in [0, 0.05) is 39.8 Å². The first kappa shape index (κ1) is 23.1. The van der Waals surface area contributed by atoms with Gasteiger partial charge in [-0.1, -0.05) is 0 Å². The number of hydroxylamine groups is 1. The summed E-state index contributed by atoms with van der Waals surface area (Å²) in [6, 6.07) is 4.56. The van der Waals surface area contributed by atoms with Crippen LogP contribution in [0.3, 0.4) is 0 Å². The fraction of sp³-hybridized carbons (Fsp3) is 0.650. The van der Waals surface area contributed by atoms with E-state index in [9.17, 15) is 17.6 Å². The number of nitrogens with zero attached hydrogens (tertiary/aromatic N) is 1. The van der Waals surface area contributed by atoms with Crippen LogP contribution in [0.5, 0.6) is 0 Å². The zero-order valence-electron chi connectivity index (χ0n) is 17.1. The molecule has 2 aliphatic heterocycles. The number of halogens is 1. The van der Waals surface area contributed by atoms with Gasteiger partial charge in [0.25, 0.3) is 5.91 Å². The molecule has 1 amide bonds. The summed E-state index contributed by atoms with van der Waals surface area (Å²) < 4.78 is 49.2. The van der Waals surface area contributed by atoms with Crippen molar-refractivity contribution < 1.29 is 31.9 Å². The molecule has 30 heavy (non-hydrogen) atoms. The van der Waals surface area contributed by atoms with Crippen LogP contribution in [-0.2, 0) is 28.9 Å². The number of benzene rings is 1. The number of hydrogen-bond acceptors (Lipinski definition) is 7. The second-order valence-corrected chi connectivity index (χ2v) is 9.89. The SMILES string of the molecule is COCCN1CCC(C(=O)NOC2CCCCO2)(S(=O)(=O)c2ccc(F)cc2)CC1. The highest BCUT2D eigenvalue weighted by molar-refractivity contribution is 7.93. The third kappa shape index (κ3) is 5.00. The van der Waals surface area contributed by atoms with Crippen LogP contribution in [0.15, 0.2) is 29.2 Å². The first-order chi connectivity index (χ1) is 14.4. The Balaban J connectivity index is 1.81. The lowest BCUT2D eigenvalue weighted by molar-refractivity contribution is -0.202. The molecule has 1 N–H and O–H groups in total. The van der Waals surface area contributed by atoms with Crippen LogP contribution in [0, 0.1) is 5.82 Å². The monoisotopic (exact) mass is 444 g/mol. The molecule has 2 saturated heterocycles. The van der Waals surface area contributed by atoms with E-state index in [-0.39, 0.29) is 17.7 Å². The maximum Gasteiger partial charge on any atom is 0.265 e. The number of piperidine rings is 1. The smallest absolute Gasteiger partial charge is 0.265 e. The summed E-state index contributed by atoms with van der Waals surface area (Å²) in [7, 11) is -2.49. The average Bonchev–Trinajstić information content (AvgIpc) is 2.77. The number of hydrogen-bond donors (Lipinski definition) is 1. The third-order valence-electron chi connectivity index (χ3n) is 5.75. The van der Waals surface area contributed by atoms with E-state index in [1.165, 1.54) is 12.1 Å². The minimum atomic E-state index is -4.09. The topological polar surface area (TPSA) is 94.2 Å². The molecule has 0 saturated carbocycles. The van der Waals surface area contributed by atoms with Crippen molar-refractivity contribution in [2.75, 3.05) is 40.0 Å². The van der Waals surface area contributed by atoms with Crippen LogP contribution in [0.4, 0.5) is 4.39 Å². The molecule has 1 aromatic rings. The highest BCUT2D eigenvalue weighted by Crippen LogP contribution is 2.36. The molecule has 0 bridgehead atoms. The molecule has 3 rings (SSSR count). The van der Waals surface area contributed by atoms with Crippen LogP contribution in [0.25, 0.3) is 0 Å². The zero-order valence-corrected chi connectivity index (χ0v) is 18.0. The van der Waals surface area contributed by atoms with Gasteiger partial charge in [0.05, 0.1) is 11.5 Å². The molecule has 0 spiro atoms. The lowest BCUT2D eigenvalue weighted by Crippen LogP contribution is -2.58. The molecule has 168 valence electrons. The number of likely N-dealkylation sites (tertiary alicyclic amines) is 1. The van der Waals surface area contributed by atoms with Crippen molar-refractivity contribution in [3.63, 3.8) is 0 Å². The molecule has 2 fully saturated rings. The Bertz CT molecular complexity index is 803. The molecular formula is C20H29FN2O6S. The van der Waals surface area contributed by atoms with Gasteiger partial charge in [0.2, 0.25) is 0 Å². The maximum absolute atomic E-state index is 13.5. The normalized spacial score (nSPS) is 22.5. The molecule has 1 unspecified atom stereocenters. The van der Waals surface area contributed by atoms with Crippen molar-refractivity contribution in [1.82, 2.24) is 10.4 Å². The minimum Gasteiger partial charge on any atom is -0.383 e. The number of rotatable bonds is 8. The van der Waals surface area contributed by atoms with E-state index in [2.05, 4.69) is 10.4 Å². The average molecular weight is 445 g/mol. The Hall–Kier alpha value is -1.59. The molecule has 10 heteroatoms. The van der Waals surface area contributed by atoms with E-state index in [0.717, 1.165) is 25.0 Å². The fourth-order valence-corrected chi connectivity index (χ4v) is 5.78. The molecule has 2 heterocycles. The second-order valence-electron chi connectivity index (χ2n) is 7.63. The van der Waals surface area contributed by atoms with Gasteiger partial charge in [-0.15, -0.1) is 0 Å². The first-order valence-electron chi connectivity index (χ1n) is 10.2. The quantitative estimate of drug-likeness (QED) is 0.481. The number of carbonyl (C=O) groups excluding carboxylic acids is 1. The summed E-state index contributed by atoms with van der Waals surface area (Å²) in [6.07, 6.45) is 2.06. The Kier molecular flexibility index (Phi) is 7.81. The van der Waals surface area contributed by atoms with Crippen LogP contribution in [0.1, 0.15) is 32.1 Å². The number of ether oxygens (including phenoxy) is 2. The molecule has 0 aromatic heterocycles. The van der Waals surface area contributed by atoms with E-state index in [0.29, 0.717) is 39.3 Å². The van der Waals surface area contributed by atoms with E-state index < -0.39 is 32.6 Å². The van der Waals surface area contributed by atoms with E-state index in [1.54, 1.807) is 7.11 Å². The van der Waals surface area contributed by atoms with E-state index in [1.807, 2.05) is 0 Å². The summed E-state index contributed by atoms with van der Waals surface area (Å²) in [5.41, 5.74) is 2.35. The maximum atomic E-state index is 13.5. The van der Waals surface area contributed by atoms with Crippen LogP contribution in [-0.4, -0.2) is 70.2 Å². The van der Waals surface area contributed by atoms with Crippen LogP contribution >= 0.6 is 0 Å². The van der Waals surface area contributed by atoms with Crippen molar-refractivity contribution in [3.05, 3.63) is 30.1 Å². The molecule has 2 aliphatic rings. The first-order valence-corrected chi connectivity index (χ1v) is 11.7. The molecular weight excluding hydrogens is 415 g/mol. The Morgan fingerprint density at radius 1 is 1.27 bits per heavy atom. The number of amides is 1. The van der Waals surface area contributed by atoms with Gasteiger partial charge in [-0.2, -0.15) is 0 Å². The van der Waals surface area contributed by atoms with Gasteiger partial charge in [-0.3, -0.25) is 4.79 Å². The highest BCUT2D eigenvalue weighted by atomic mass is 32.2. The van der Waals surface area contributed by atoms with Gasteiger partial charge in [-0.05, 0) is 49.9 Å². The Morgan fingerprint density at radius 3 is 2.57 bits per heavy atom. The van der Waals surface area contributed by atoms with Gasteiger partial charge in [0.15, 0.2) is 20.9 Å².